The van der Waals surface area contributed by atoms with Crippen molar-refractivity contribution in [3.63, 3.8) is 0 Å². The average molecular weight is 303 g/mol. The molecule has 2 rings (SSSR count). The molecule has 0 aliphatic rings. The Morgan fingerprint density at radius 1 is 1.40 bits per heavy atom. The molecule has 0 radical (unpaired) electrons. The maximum absolute atomic E-state index is 12.0. The molecule has 0 amide bonds. The van der Waals surface area contributed by atoms with Crippen LogP contribution in [-0.2, 0) is 0 Å². The van der Waals surface area contributed by atoms with Crippen LogP contribution in [0.3, 0.4) is 0 Å². The molecule has 2 aromatic heterocycles. The molecule has 0 N–H and O–H groups in total. The van der Waals surface area contributed by atoms with Gasteiger partial charge in [0.25, 0.3) is 0 Å². The summed E-state index contributed by atoms with van der Waals surface area (Å²) >= 11 is 6.17. The predicted molar refractivity (Wildman–Crippen MR) is 66.3 cm³/mol. The zero-order valence-corrected chi connectivity index (χ0v) is 11.0. The van der Waals surface area contributed by atoms with Crippen LogP contribution < -0.4 is 4.74 Å². The molecule has 15 heavy (non-hydrogen) atoms. The lowest BCUT2D eigenvalue weighted by atomic mass is 10.2. The van der Waals surface area contributed by atoms with Crippen molar-refractivity contribution >= 4 is 44.4 Å². The highest BCUT2D eigenvalue weighted by Crippen LogP contribution is 2.30. The van der Waals surface area contributed by atoms with E-state index >= 15 is 0 Å². The predicted octanol–water partition coefficient (Wildman–Crippen LogP) is 3.81. The Labute approximate surface area is 104 Å². The highest BCUT2D eigenvalue weighted by atomic mass is 79.9. The van der Waals surface area contributed by atoms with Crippen LogP contribution in [0.5, 0.6) is 5.75 Å². The van der Waals surface area contributed by atoms with E-state index in [-0.39, 0.29) is 5.78 Å². The van der Waals surface area contributed by atoms with Gasteiger partial charge in [-0.2, -0.15) is 0 Å². The van der Waals surface area contributed by atoms with Gasteiger partial charge in [0, 0.05) is 0 Å². The summed E-state index contributed by atoms with van der Waals surface area (Å²) in [6.45, 7) is 0. The van der Waals surface area contributed by atoms with E-state index in [1.54, 1.807) is 13.2 Å². The van der Waals surface area contributed by atoms with Crippen molar-refractivity contribution in [2.24, 2.45) is 0 Å². The average Bonchev–Trinajstić information content (AvgIpc) is 2.84. The molecule has 0 aliphatic carbocycles. The Balaban J connectivity index is 2.36. The highest BCUT2D eigenvalue weighted by Gasteiger charge is 2.17. The first-order valence-corrected chi connectivity index (χ1v) is 6.63. The maximum atomic E-state index is 12.0. The molecule has 2 nitrogen and oxygen atoms in total. The molecule has 0 fully saturated rings. The van der Waals surface area contributed by atoms with Crippen molar-refractivity contribution in [3.05, 3.63) is 37.1 Å². The topological polar surface area (TPSA) is 26.3 Å². The first-order chi connectivity index (χ1) is 7.22. The van der Waals surface area contributed by atoms with Crippen molar-refractivity contribution in [3.8, 4) is 5.75 Å². The van der Waals surface area contributed by atoms with E-state index in [0.29, 0.717) is 10.6 Å². The smallest absolute Gasteiger partial charge is 0.216 e. The minimum absolute atomic E-state index is 0.0255. The second-order valence-electron chi connectivity index (χ2n) is 2.75. The van der Waals surface area contributed by atoms with Gasteiger partial charge in [0.1, 0.15) is 10.6 Å². The number of carbonyl (C=O) groups is 1. The van der Waals surface area contributed by atoms with E-state index in [4.69, 9.17) is 4.74 Å². The van der Waals surface area contributed by atoms with Gasteiger partial charge < -0.3 is 4.74 Å². The van der Waals surface area contributed by atoms with Crippen molar-refractivity contribution < 1.29 is 9.53 Å². The van der Waals surface area contributed by atoms with Gasteiger partial charge in [-0.05, 0) is 39.5 Å². The van der Waals surface area contributed by atoms with Gasteiger partial charge in [-0.1, -0.05) is 0 Å². The van der Waals surface area contributed by atoms with Crippen LogP contribution in [-0.4, -0.2) is 12.9 Å². The minimum Gasteiger partial charge on any atom is -0.495 e. The molecule has 0 bridgehead atoms. The number of carbonyl (C=O) groups excluding carboxylic acids is 1. The molecule has 5 heteroatoms. The summed E-state index contributed by atoms with van der Waals surface area (Å²) in [4.78, 5) is 13.4. The maximum Gasteiger partial charge on any atom is 0.216 e. The molecule has 0 aromatic carbocycles. The zero-order valence-electron chi connectivity index (χ0n) is 7.82. The summed E-state index contributed by atoms with van der Waals surface area (Å²) in [5, 5.41) is 1.86. The van der Waals surface area contributed by atoms with Gasteiger partial charge in [-0.25, -0.2) is 0 Å². The number of halogens is 1. The second-order valence-corrected chi connectivity index (χ2v) is 6.13. The molecule has 0 saturated heterocycles. The Bertz CT molecular complexity index is 487. The molecule has 78 valence electrons. The number of methoxy groups -OCH3 is 1. The summed E-state index contributed by atoms with van der Waals surface area (Å²) in [6, 6.07) is 5.49. The van der Waals surface area contributed by atoms with Crippen LogP contribution >= 0.6 is 38.6 Å². The lowest BCUT2D eigenvalue weighted by Gasteiger charge is -1.98. The number of ketones is 1. The van der Waals surface area contributed by atoms with Gasteiger partial charge in [-0.3, -0.25) is 4.79 Å². The fourth-order valence-electron chi connectivity index (χ4n) is 1.17. The molecular weight excluding hydrogens is 296 g/mol. The summed E-state index contributed by atoms with van der Waals surface area (Å²) < 4.78 is 6.08. The van der Waals surface area contributed by atoms with Crippen molar-refractivity contribution in [2.75, 3.05) is 7.11 Å². The van der Waals surface area contributed by atoms with Crippen LogP contribution in [0, 0.1) is 0 Å². The van der Waals surface area contributed by atoms with E-state index < -0.39 is 0 Å². The van der Waals surface area contributed by atoms with E-state index in [1.807, 2.05) is 17.5 Å². The van der Waals surface area contributed by atoms with Crippen molar-refractivity contribution in [1.82, 2.24) is 0 Å². The second kappa shape index (κ2) is 4.47. The lowest BCUT2D eigenvalue weighted by molar-refractivity contribution is 0.104. The first-order valence-electron chi connectivity index (χ1n) is 4.14. The van der Waals surface area contributed by atoms with Gasteiger partial charge in [0.05, 0.1) is 15.8 Å². The molecule has 2 aromatic rings. The molecule has 0 unspecified atom stereocenters. The minimum atomic E-state index is 0.0255. The van der Waals surface area contributed by atoms with Crippen LogP contribution in [0.2, 0.25) is 0 Å². The quantitative estimate of drug-likeness (QED) is 0.806. The standard InChI is InChI=1S/C10H7BrO2S2/c1-13-6-4-5-14-10(6)9(12)7-2-3-8(11)15-7/h2-5H,1H3. The Morgan fingerprint density at radius 2 is 2.20 bits per heavy atom. The molecule has 2 heterocycles. The van der Waals surface area contributed by atoms with Gasteiger partial charge >= 0.3 is 0 Å². The van der Waals surface area contributed by atoms with Gasteiger partial charge in [-0.15, -0.1) is 22.7 Å². The largest absolute Gasteiger partial charge is 0.495 e. The van der Waals surface area contributed by atoms with E-state index in [1.165, 1.54) is 22.7 Å². The first kappa shape index (κ1) is 10.9. The van der Waals surface area contributed by atoms with Gasteiger partial charge in [0.15, 0.2) is 0 Å². The normalized spacial score (nSPS) is 10.3. The number of thiophene rings is 2. The molecule has 0 saturated carbocycles. The molecular formula is C10H7BrO2S2. The number of hydrogen-bond acceptors (Lipinski definition) is 4. The third-order valence-electron chi connectivity index (χ3n) is 1.85. The molecule has 0 aliphatic heterocycles. The summed E-state index contributed by atoms with van der Waals surface area (Å²) in [7, 11) is 1.57. The Morgan fingerprint density at radius 3 is 2.80 bits per heavy atom. The summed E-state index contributed by atoms with van der Waals surface area (Å²) in [5.41, 5.74) is 0. The fourth-order valence-corrected chi connectivity index (χ4v) is 3.38. The van der Waals surface area contributed by atoms with Crippen LogP contribution in [0.25, 0.3) is 0 Å². The summed E-state index contributed by atoms with van der Waals surface area (Å²) in [5.74, 6) is 0.673. The summed E-state index contributed by atoms with van der Waals surface area (Å²) in [6.07, 6.45) is 0. The third kappa shape index (κ3) is 2.14. The third-order valence-corrected chi connectivity index (χ3v) is 4.37. The highest BCUT2D eigenvalue weighted by molar-refractivity contribution is 9.11. The van der Waals surface area contributed by atoms with Crippen molar-refractivity contribution in [1.29, 1.82) is 0 Å². The Kier molecular flexibility index (Phi) is 3.23. The van der Waals surface area contributed by atoms with Crippen molar-refractivity contribution in [2.45, 2.75) is 0 Å². The number of rotatable bonds is 3. The lowest BCUT2D eigenvalue weighted by Crippen LogP contribution is -1.97. The van der Waals surface area contributed by atoms with Crippen LogP contribution in [0.1, 0.15) is 14.5 Å². The zero-order chi connectivity index (χ0) is 10.8. The number of hydrogen-bond donors (Lipinski definition) is 0. The van der Waals surface area contributed by atoms with Crippen LogP contribution in [0.4, 0.5) is 0 Å². The SMILES string of the molecule is COc1ccsc1C(=O)c1ccc(Br)s1. The molecule has 0 atom stereocenters. The monoisotopic (exact) mass is 302 g/mol. The Hall–Kier alpha value is -0.650. The van der Waals surface area contributed by atoms with E-state index in [9.17, 15) is 4.79 Å². The fraction of sp³-hybridized carbons (Fsp3) is 0.100. The van der Waals surface area contributed by atoms with E-state index in [2.05, 4.69) is 15.9 Å². The molecule has 0 spiro atoms. The number of ether oxygens (including phenoxy) is 1. The van der Waals surface area contributed by atoms with E-state index in [0.717, 1.165) is 8.66 Å². The van der Waals surface area contributed by atoms with Crippen LogP contribution in [0.15, 0.2) is 27.4 Å². The van der Waals surface area contributed by atoms with Gasteiger partial charge in [0.2, 0.25) is 5.78 Å².